The van der Waals surface area contributed by atoms with Crippen LogP contribution in [0.1, 0.15) is 36.3 Å². The van der Waals surface area contributed by atoms with E-state index in [-0.39, 0.29) is 30.3 Å². The van der Waals surface area contributed by atoms with Gasteiger partial charge in [-0.2, -0.15) is 0 Å². The Balaban J connectivity index is 1.52. The monoisotopic (exact) mass is 353 g/mol. The fourth-order valence-corrected chi connectivity index (χ4v) is 5.29. The SMILES string of the molecule is NN1C(=O)CN(CC23C=Nc4cccc(c42)[C@H]2CCCN[C@@H]2C3)CC1=O. The summed E-state index contributed by atoms with van der Waals surface area (Å²) in [5.41, 5.74) is 3.50. The summed E-state index contributed by atoms with van der Waals surface area (Å²) in [6.07, 6.45) is 5.40. The van der Waals surface area contributed by atoms with E-state index < -0.39 is 0 Å². The zero-order valence-corrected chi connectivity index (χ0v) is 14.6. The number of benzene rings is 1. The van der Waals surface area contributed by atoms with Crippen molar-refractivity contribution < 1.29 is 9.59 Å². The molecule has 3 N–H and O–H groups in total. The lowest BCUT2D eigenvalue weighted by molar-refractivity contribution is -0.151. The lowest BCUT2D eigenvalue weighted by Gasteiger charge is -2.47. The van der Waals surface area contributed by atoms with E-state index in [0.717, 1.165) is 23.7 Å². The summed E-state index contributed by atoms with van der Waals surface area (Å²) in [6, 6.07) is 6.82. The van der Waals surface area contributed by atoms with Crippen molar-refractivity contribution in [2.75, 3.05) is 26.2 Å². The van der Waals surface area contributed by atoms with Crippen LogP contribution in [0.3, 0.4) is 0 Å². The summed E-state index contributed by atoms with van der Waals surface area (Å²) < 4.78 is 0. The number of piperidine rings is 1. The lowest BCUT2D eigenvalue weighted by atomic mass is 9.63. The van der Waals surface area contributed by atoms with Crippen LogP contribution in [0.15, 0.2) is 23.2 Å². The summed E-state index contributed by atoms with van der Waals surface area (Å²) in [7, 11) is 0. The second-order valence-electron chi connectivity index (χ2n) is 7.97. The van der Waals surface area contributed by atoms with Gasteiger partial charge in [-0.3, -0.25) is 19.5 Å². The maximum Gasteiger partial charge on any atom is 0.257 e. The molecule has 1 aliphatic carbocycles. The first-order chi connectivity index (χ1) is 12.6. The van der Waals surface area contributed by atoms with Crippen LogP contribution < -0.4 is 11.2 Å². The van der Waals surface area contributed by atoms with Gasteiger partial charge in [0.1, 0.15) is 0 Å². The molecule has 0 aromatic heterocycles. The van der Waals surface area contributed by atoms with Gasteiger partial charge >= 0.3 is 0 Å². The quantitative estimate of drug-likeness (QED) is 0.457. The van der Waals surface area contributed by atoms with Crippen molar-refractivity contribution >= 4 is 23.7 Å². The fraction of sp³-hybridized carbons (Fsp3) is 0.526. The number of carbonyl (C=O) groups excluding carboxylic acids is 2. The predicted molar refractivity (Wildman–Crippen MR) is 97.1 cm³/mol. The maximum absolute atomic E-state index is 12.0. The van der Waals surface area contributed by atoms with Crippen LogP contribution in [0, 0.1) is 0 Å². The Hall–Kier alpha value is -2.09. The van der Waals surface area contributed by atoms with Crippen molar-refractivity contribution in [1.82, 2.24) is 15.2 Å². The molecule has 3 atom stereocenters. The molecule has 7 heteroatoms. The molecule has 0 saturated carbocycles. The number of piperazine rings is 1. The van der Waals surface area contributed by atoms with Gasteiger partial charge in [0, 0.05) is 24.2 Å². The third-order valence-corrected chi connectivity index (χ3v) is 6.35. The summed E-state index contributed by atoms with van der Waals surface area (Å²) in [5.74, 6) is 5.37. The van der Waals surface area contributed by atoms with Gasteiger partial charge in [0.05, 0.1) is 18.8 Å². The molecule has 136 valence electrons. The molecule has 0 radical (unpaired) electrons. The minimum Gasteiger partial charge on any atom is -0.313 e. The summed E-state index contributed by atoms with van der Waals surface area (Å²) in [4.78, 5) is 30.7. The first-order valence-corrected chi connectivity index (χ1v) is 9.32. The molecule has 2 fully saturated rings. The Labute approximate surface area is 152 Å². The average Bonchev–Trinajstić information content (AvgIpc) is 2.99. The molecule has 2 saturated heterocycles. The maximum atomic E-state index is 12.0. The number of aliphatic imine (C=N–C) groups is 1. The summed E-state index contributed by atoms with van der Waals surface area (Å²) >= 11 is 0. The van der Waals surface area contributed by atoms with Gasteiger partial charge in [0.25, 0.3) is 11.8 Å². The van der Waals surface area contributed by atoms with E-state index in [4.69, 9.17) is 10.8 Å². The molecule has 26 heavy (non-hydrogen) atoms. The van der Waals surface area contributed by atoms with E-state index in [2.05, 4.69) is 29.7 Å². The number of hydrazine groups is 1. The number of fused-ring (bicyclic) bond motifs is 2. The van der Waals surface area contributed by atoms with Gasteiger partial charge < -0.3 is 5.32 Å². The molecule has 0 bridgehead atoms. The highest BCUT2D eigenvalue weighted by atomic mass is 16.2. The highest BCUT2D eigenvalue weighted by Gasteiger charge is 2.49. The topological polar surface area (TPSA) is 91.0 Å². The highest BCUT2D eigenvalue weighted by molar-refractivity contribution is 5.99. The van der Waals surface area contributed by atoms with Crippen LogP contribution in [0.25, 0.3) is 0 Å². The summed E-state index contributed by atoms with van der Waals surface area (Å²) in [6.45, 7) is 2.02. The Morgan fingerprint density at radius 3 is 2.88 bits per heavy atom. The highest BCUT2D eigenvalue weighted by Crippen LogP contribution is 2.51. The number of nitrogens with zero attached hydrogens (tertiary/aromatic N) is 3. The number of rotatable bonds is 2. The molecule has 1 aromatic carbocycles. The van der Waals surface area contributed by atoms with Crippen molar-refractivity contribution in [2.45, 2.75) is 36.6 Å². The third kappa shape index (κ3) is 2.27. The van der Waals surface area contributed by atoms with Crippen LogP contribution in [0.4, 0.5) is 5.69 Å². The second kappa shape index (κ2) is 5.70. The Kier molecular flexibility index (Phi) is 3.53. The van der Waals surface area contributed by atoms with Crippen molar-refractivity contribution in [3.05, 3.63) is 29.3 Å². The van der Waals surface area contributed by atoms with Crippen LogP contribution >= 0.6 is 0 Å². The van der Waals surface area contributed by atoms with E-state index >= 15 is 0 Å². The van der Waals surface area contributed by atoms with Crippen molar-refractivity contribution in [2.24, 2.45) is 10.8 Å². The van der Waals surface area contributed by atoms with E-state index in [0.29, 0.717) is 18.5 Å². The minimum absolute atomic E-state index is 0.177. The number of imide groups is 1. The Bertz CT molecular complexity index is 804. The van der Waals surface area contributed by atoms with Crippen molar-refractivity contribution in [3.63, 3.8) is 0 Å². The number of nitrogens with two attached hydrogens (primary N) is 1. The van der Waals surface area contributed by atoms with E-state index in [1.165, 1.54) is 24.0 Å². The van der Waals surface area contributed by atoms with Crippen LogP contribution in [0.5, 0.6) is 0 Å². The molecular weight excluding hydrogens is 330 g/mol. The van der Waals surface area contributed by atoms with Crippen molar-refractivity contribution in [1.29, 1.82) is 0 Å². The van der Waals surface area contributed by atoms with E-state index in [9.17, 15) is 9.59 Å². The minimum atomic E-state index is -0.342. The first kappa shape index (κ1) is 16.1. The molecule has 3 heterocycles. The van der Waals surface area contributed by atoms with Gasteiger partial charge in [0.15, 0.2) is 0 Å². The predicted octanol–water partition coefficient (Wildman–Crippen LogP) is 0.424. The normalized spacial score (nSPS) is 33.3. The van der Waals surface area contributed by atoms with Crippen LogP contribution in [-0.4, -0.2) is 60.2 Å². The molecule has 0 spiro atoms. The van der Waals surface area contributed by atoms with Gasteiger partial charge in [0.2, 0.25) is 0 Å². The number of hydrogen-bond acceptors (Lipinski definition) is 6. The van der Waals surface area contributed by atoms with Crippen molar-refractivity contribution in [3.8, 4) is 0 Å². The smallest absolute Gasteiger partial charge is 0.257 e. The molecule has 1 aromatic rings. The second-order valence-corrected chi connectivity index (χ2v) is 7.97. The zero-order chi connectivity index (χ0) is 17.9. The Morgan fingerprint density at radius 1 is 1.27 bits per heavy atom. The summed E-state index contributed by atoms with van der Waals surface area (Å²) in [5, 5.41) is 4.44. The molecule has 7 nitrogen and oxygen atoms in total. The van der Waals surface area contributed by atoms with E-state index in [1.807, 2.05) is 4.90 Å². The van der Waals surface area contributed by atoms with Gasteiger partial charge in [-0.15, -0.1) is 0 Å². The molecule has 3 aliphatic heterocycles. The largest absolute Gasteiger partial charge is 0.313 e. The van der Waals surface area contributed by atoms with Gasteiger partial charge in [-0.25, -0.2) is 10.9 Å². The Morgan fingerprint density at radius 2 is 2.08 bits per heavy atom. The molecule has 4 aliphatic rings. The van der Waals surface area contributed by atoms with Gasteiger partial charge in [-0.1, -0.05) is 12.1 Å². The first-order valence-electron chi connectivity index (χ1n) is 9.32. The van der Waals surface area contributed by atoms with Crippen LogP contribution in [-0.2, 0) is 15.0 Å². The lowest BCUT2D eigenvalue weighted by Crippen LogP contribution is -2.60. The van der Waals surface area contributed by atoms with E-state index in [1.54, 1.807) is 0 Å². The fourth-order valence-electron chi connectivity index (χ4n) is 5.29. The molecule has 2 amide bonds. The molecular formula is C19H23N5O2. The average molecular weight is 353 g/mol. The number of nitrogens with one attached hydrogen (secondary N) is 1. The molecule has 5 rings (SSSR count). The van der Waals surface area contributed by atoms with Crippen LogP contribution in [0.2, 0.25) is 0 Å². The third-order valence-electron chi connectivity index (χ3n) is 6.35. The number of amides is 2. The van der Waals surface area contributed by atoms with Gasteiger partial charge in [-0.05, 0) is 48.9 Å². The standard InChI is InChI=1S/C19H23N5O2/c20-24-16(25)8-23(9-17(24)26)11-19-7-15-12(4-2-6-21-15)13-3-1-5-14(18(13)19)22-10-19/h1,3,5,10,12,15,21H,2,4,6-9,11,20H2/t12-,15-,19?/m1/s1. The zero-order valence-electron chi connectivity index (χ0n) is 14.6. The molecule has 1 unspecified atom stereocenters. The number of carbonyl (C=O) groups is 2. The number of hydrogen-bond donors (Lipinski definition) is 2.